The Morgan fingerprint density at radius 3 is 1.85 bits per heavy atom. The molecule has 0 saturated heterocycles. The number of hydrogen-bond donors (Lipinski definition) is 0. The molecule has 7 heteroatoms. The largest absolute Gasteiger partial charge is 0.509 e. The summed E-state index contributed by atoms with van der Waals surface area (Å²) in [5, 5.41) is 4.47. The molecule has 0 saturated carbocycles. The number of nitrogens with zero attached hydrogens (tertiary/aromatic N) is 5. The minimum absolute atomic E-state index is 0. The molecule has 0 aliphatic carbocycles. The molecule has 0 fully saturated rings. The number of para-hydroxylation sites is 6. The monoisotopic (exact) mass is 943 g/mol. The van der Waals surface area contributed by atoms with Crippen molar-refractivity contribution in [3.8, 4) is 23.0 Å². The molecule has 0 unspecified atom stereocenters. The van der Waals surface area contributed by atoms with E-state index in [4.69, 9.17) is 9.72 Å². The van der Waals surface area contributed by atoms with Gasteiger partial charge in [-0.15, -0.1) is 53.6 Å². The maximum absolute atomic E-state index is 6.79. The van der Waals surface area contributed by atoms with Crippen molar-refractivity contribution in [3.63, 3.8) is 0 Å². The van der Waals surface area contributed by atoms with Crippen LogP contribution in [0.4, 0.5) is 22.7 Å². The van der Waals surface area contributed by atoms with Gasteiger partial charge in [-0.2, -0.15) is 6.07 Å². The third-order valence-electron chi connectivity index (χ3n) is 11.2. The minimum atomic E-state index is -0.146. The van der Waals surface area contributed by atoms with Crippen LogP contribution in [0.5, 0.6) is 11.5 Å². The van der Waals surface area contributed by atoms with Crippen LogP contribution in [0.3, 0.4) is 0 Å². The van der Waals surface area contributed by atoms with E-state index in [1.54, 1.807) is 0 Å². The molecule has 1 aliphatic rings. The average Bonchev–Trinajstić information content (AvgIpc) is 3.91. The van der Waals surface area contributed by atoms with Crippen LogP contribution in [-0.4, -0.2) is 14.1 Å². The van der Waals surface area contributed by atoms with Gasteiger partial charge in [-0.1, -0.05) is 111 Å². The van der Waals surface area contributed by atoms with Gasteiger partial charge in [0.1, 0.15) is 5.82 Å². The quantitative estimate of drug-likeness (QED) is 0.156. The Morgan fingerprint density at radius 2 is 1.14 bits per heavy atom. The zero-order valence-electron chi connectivity index (χ0n) is 32.7. The molecule has 11 rings (SSSR count). The van der Waals surface area contributed by atoms with Crippen molar-refractivity contribution in [3.05, 3.63) is 194 Å². The minimum Gasteiger partial charge on any atom is -0.509 e. The normalized spacial score (nSPS) is 12.7. The van der Waals surface area contributed by atoms with E-state index in [2.05, 4.69) is 210 Å². The molecular weight excluding hydrogens is 906 g/mol. The van der Waals surface area contributed by atoms with Gasteiger partial charge in [0.2, 0.25) is 0 Å². The first-order valence-corrected chi connectivity index (χ1v) is 19.6. The van der Waals surface area contributed by atoms with Gasteiger partial charge in [0.05, 0.1) is 11.0 Å². The van der Waals surface area contributed by atoms with E-state index >= 15 is 0 Å². The van der Waals surface area contributed by atoms with Crippen molar-refractivity contribution in [2.45, 2.75) is 26.2 Å². The molecule has 59 heavy (non-hydrogen) atoms. The molecule has 0 bridgehead atoms. The van der Waals surface area contributed by atoms with Crippen molar-refractivity contribution in [2.75, 3.05) is 9.80 Å². The second-order valence-electron chi connectivity index (χ2n) is 15.8. The van der Waals surface area contributed by atoms with Gasteiger partial charge >= 0.3 is 0 Å². The fraction of sp³-hybridized carbons (Fsp3) is 0.0769. The van der Waals surface area contributed by atoms with Gasteiger partial charge in [0, 0.05) is 83.9 Å². The zero-order valence-corrected chi connectivity index (χ0v) is 35.0. The van der Waals surface area contributed by atoms with Crippen LogP contribution >= 0.6 is 0 Å². The molecular formula is C52H38N5OPt-3. The van der Waals surface area contributed by atoms with Crippen LogP contribution in [0.2, 0.25) is 0 Å². The first-order valence-electron chi connectivity index (χ1n) is 19.6. The van der Waals surface area contributed by atoms with E-state index in [1.807, 2.05) is 18.3 Å². The van der Waals surface area contributed by atoms with Gasteiger partial charge in [-0.25, -0.2) is 4.98 Å². The third-order valence-corrected chi connectivity index (χ3v) is 11.2. The van der Waals surface area contributed by atoms with E-state index < -0.39 is 0 Å². The maximum atomic E-state index is 6.79. The molecule has 0 amide bonds. The summed E-state index contributed by atoms with van der Waals surface area (Å²) < 4.78 is 11.3. The zero-order chi connectivity index (χ0) is 39.0. The molecule has 0 spiro atoms. The number of ether oxygens (including phenoxy) is 1. The van der Waals surface area contributed by atoms with Crippen molar-refractivity contribution >= 4 is 66.4 Å². The van der Waals surface area contributed by atoms with Crippen molar-refractivity contribution in [2.24, 2.45) is 0 Å². The Morgan fingerprint density at radius 1 is 0.525 bits per heavy atom. The summed E-state index contributed by atoms with van der Waals surface area (Å²) in [4.78, 5) is 9.55. The number of hydrogen-bond acceptors (Lipinski definition) is 4. The summed E-state index contributed by atoms with van der Waals surface area (Å²) in [6, 6.07) is 64.4. The number of fused-ring (bicyclic) bond motifs is 7. The molecule has 0 N–H and O–H groups in total. The van der Waals surface area contributed by atoms with Crippen molar-refractivity contribution in [1.29, 1.82) is 0 Å². The molecule has 4 heterocycles. The summed E-state index contributed by atoms with van der Waals surface area (Å²) in [6.07, 6.45) is 2.01. The third kappa shape index (κ3) is 6.18. The van der Waals surface area contributed by atoms with Gasteiger partial charge in [-0.05, 0) is 59.3 Å². The number of anilines is 4. The van der Waals surface area contributed by atoms with Crippen LogP contribution in [0.15, 0.2) is 170 Å². The summed E-state index contributed by atoms with van der Waals surface area (Å²) in [5.41, 5.74) is 10.4. The van der Waals surface area contributed by atoms with Crippen LogP contribution in [0, 0.1) is 18.8 Å². The summed E-state index contributed by atoms with van der Waals surface area (Å²) in [5.74, 6) is 2.03. The molecule has 10 aromatic rings. The second-order valence-corrected chi connectivity index (χ2v) is 15.8. The first kappa shape index (κ1) is 36.7. The molecule has 7 aromatic carbocycles. The fourth-order valence-electron chi connectivity index (χ4n) is 8.36. The maximum Gasteiger partial charge on any atom is 0.137 e. The van der Waals surface area contributed by atoms with E-state index in [-0.39, 0.29) is 26.5 Å². The standard InChI is InChI=1S/C52H38N5O.Pt/c1-52(2,3)35-28-38(55-34-54(36-16-6-4-7-17-36)47-24-14-15-25-48(47)55)30-40(29-35)58-39-26-27-43-41-20-10-13-23-46(41)57(49(43)31-39)51-32-50-44(33-53-51)42-21-11-12-22-45(42)56(50)37-18-8-5-9-19-37;/h4-29,32-34H,1-3H3;/q-3;. The number of aromatic nitrogens is 3. The summed E-state index contributed by atoms with van der Waals surface area (Å²) in [6.45, 7) is 8.82. The predicted molar refractivity (Wildman–Crippen MR) is 237 cm³/mol. The molecule has 0 radical (unpaired) electrons. The number of benzene rings is 7. The Bertz CT molecular complexity index is 3180. The van der Waals surface area contributed by atoms with Crippen LogP contribution in [-0.2, 0) is 26.5 Å². The van der Waals surface area contributed by atoms with Crippen molar-refractivity contribution in [1.82, 2.24) is 14.1 Å². The molecule has 290 valence electrons. The molecule has 0 atom stereocenters. The van der Waals surface area contributed by atoms with Gasteiger partial charge < -0.3 is 23.7 Å². The van der Waals surface area contributed by atoms with Crippen LogP contribution in [0.1, 0.15) is 26.3 Å². The Labute approximate surface area is 357 Å². The second kappa shape index (κ2) is 14.3. The van der Waals surface area contributed by atoms with Gasteiger partial charge in [0.25, 0.3) is 0 Å². The molecule has 1 aliphatic heterocycles. The number of rotatable bonds is 6. The Hall–Kier alpha value is -6.62. The van der Waals surface area contributed by atoms with E-state index in [0.29, 0.717) is 11.5 Å². The Kier molecular flexibility index (Phi) is 8.92. The fourth-order valence-corrected chi connectivity index (χ4v) is 8.36. The van der Waals surface area contributed by atoms with E-state index in [0.717, 1.165) is 78.0 Å². The van der Waals surface area contributed by atoms with E-state index in [1.165, 1.54) is 5.39 Å². The SMILES string of the molecule is CC(C)(C)c1cc(Oc2[c-]c3c(cc2)c2ccccc2n3-c2cc3c(cn2)c2ccccc2n3-c2ccccc2)[c-]c(N2[CH-]N(c3ccccc3)c3ccccc32)c1.[Pt]. The first-order chi connectivity index (χ1) is 28.4. The smallest absolute Gasteiger partial charge is 0.137 e. The summed E-state index contributed by atoms with van der Waals surface area (Å²) >= 11 is 0. The predicted octanol–water partition coefficient (Wildman–Crippen LogP) is 13.4. The van der Waals surface area contributed by atoms with Gasteiger partial charge in [-0.3, -0.25) is 0 Å². The Balaban J connectivity index is 0.00000420. The van der Waals surface area contributed by atoms with Crippen LogP contribution in [0.25, 0.3) is 55.1 Å². The average molecular weight is 944 g/mol. The van der Waals surface area contributed by atoms with Crippen LogP contribution < -0.4 is 14.5 Å². The van der Waals surface area contributed by atoms with Gasteiger partial charge in [0.15, 0.2) is 0 Å². The number of pyridine rings is 1. The topological polar surface area (TPSA) is 38.5 Å². The van der Waals surface area contributed by atoms with E-state index in [9.17, 15) is 0 Å². The summed E-state index contributed by atoms with van der Waals surface area (Å²) in [7, 11) is 0. The van der Waals surface area contributed by atoms with Crippen molar-refractivity contribution < 1.29 is 25.8 Å². The molecule has 6 nitrogen and oxygen atoms in total. The molecule has 3 aromatic heterocycles.